The Labute approximate surface area is 691 Å². The molecule has 0 saturated carbocycles. The third-order valence-corrected chi connectivity index (χ3v) is 22.4. The number of amides is 4. The Morgan fingerprint density at radius 2 is 0.508 bits per heavy atom. The van der Waals surface area contributed by atoms with Gasteiger partial charge in [-0.15, -0.1) is 0 Å². The fourth-order valence-electron chi connectivity index (χ4n) is 15.9. The van der Waals surface area contributed by atoms with Crippen LogP contribution < -0.4 is 21.3 Å². The lowest BCUT2D eigenvalue weighted by atomic mass is 9.93. The van der Waals surface area contributed by atoms with Crippen LogP contribution in [-0.2, 0) is 109 Å². The van der Waals surface area contributed by atoms with Crippen LogP contribution >= 0.6 is 0 Å². The van der Waals surface area contributed by atoms with Gasteiger partial charge in [-0.1, -0.05) is 0 Å². The maximum atomic E-state index is 13.5. The lowest BCUT2D eigenvalue weighted by Crippen LogP contribution is -2.71. The molecular formula is C68H114N4O50. The van der Waals surface area contributed by atoms with E-state index in [4.69, 9.17) is 90.0 Å². The van der Waals surface area contributed by atoms with Crippen LogP contribution in [0.2, 0.25) is 0 Å². The monoisotopic (exact) mass is 1790 g/mol. The zero-order valence-electron chi connectivity index (χ0n) is 65.7. The van der Waals surface area contributed by atoms with Gasteiger partial charge in [-0.2, -0.15) is 0 Å². The summed E-state index contributed by atoms with van der Waals surface area (Å²) < 4.78 is 114. The van der Waals surface area contributed by atoms with E-state index in [9.17, 15) is 157 Å². The third-order valence-electron chi connectivity index (χ3n) is 22.4. The SMILES string of the molecule is CC(=O)N[C@H]1[C@H](O[C@H]2[C@H](O)[C@@H](NC(C)=O)C(O)O[C@@H]2CO)O[C@H](CO)[C@@H](O[C@@H]2O[C@H](CO[C@H]3O[C@H](CO)[C@@H](O)[C@H](O)[C@@H]3O[C@@H]3O[C@H](CO)[C@@H](O[C@@H]4O[C@H](CO)[C@H](O)[C@H](O)[C@H]4O)[C@H](O[C@@H]4O[C@@H](C)[C@@H](O)[C@@H](O)[C@@H]4O)[C@H]3NC(C)=O)[C@@H](O)[C@H](O[C@H]3O[C@H](CO)[C@@H](O)[C@H](O)[C@@H]3O[C@@H]3O[C@H](CO)[C@@H](O[C@@H]4O[C@H](CO)[C@H](O)[C@H](O)[C@H]4O)[C@H](O)[C@H]3NC(C)=O)[C@@H]2O)[C@@H]1O. The van der Waals surface area contributed by atoms with Crippen molar-refractivity contribution in [3.63, 3.8) is 0 Å². The molecule has 10 saturated heterocycles. The van der Waals surface area contributed by atoms with Crippen molar-refractivity contribution in [2.24, 2.45) is 0 Å². The molecule has 0 bridgehead atoms. The first-order valence-electron chi connectivity index (χ1n) is 39.0. The number of carbonyl (C=O) groups is 4. The van der Waals surface area contributed by atoms with Crippen LogP contribution in [-0.4, -0.2) is 528 Å². The fraction of sp³-hybridized carbons (Fsp3) is 0.941. The largest absolute Gasteiger partial charge is 0.394 e. The highest BCUT2D eigenvalue weighted by Gasteiger charge is 2.62. The molecule has 10 rings (SSSR count). The molecule has 0 spiro atoms. The summed E-state index contributed by atoms with van der Waals surface area (Å²) in [5, 5.41) is 311. The fourth-order valence-corrected chi connectivity index (χ4v) is 15.9. The normalized spacial score (nSPS) is 49.7. The summed E-state index contributed by atoms with van der Waals surface area (Å²) in [6.07, 6.45) is -96.8. The molecule has 10 aliphatic rings. The number of hydrogen-bond donors (Lipinski definition) is 31. The van der Waals surface area contributed by atoms with Crippen molar-refractivity contribution in [2.75, 3.05) is 59.5 Å². The molecule has 0 aromatic rings. The van der Waals surface area contributed by atoms with Crippen molar-refractivity contribution in [3.8, 4) is 0 Å². The number of ether oxygens (including phenoxy) is 19. The van der Waals surface area contributed by atoms with Gasteiger partial charge in [0.2, 0.25) is 23.6 Å². The molecule has 31 N–H and O–H groups in total. The van der Waals surface area contributed by atoms with E-state index in [1.165, 1.54) is 6.92 Å². The van der Waals surface area contributed by atoms with Gasteiger partial charge in [0.05, 0.1) is 65.6 Å². The molecule has 54 nitrogen and oxygen atoms in total. The van der Waals surface area contributed by atoms with Gasteiger partial charge in [-0.25, -0.2) is 0 Å². The van der Waals surface area contributed by atoms with Crippen LogP contribution in [0.5, 0.6) is 0 Å². The standard InChI is InChI=1S/C68H114N4O50/c1-15-33(85)42(94)47(99)63(105-15)119-55-32(72-19(5)84)62(113-27(13-80)54(55)118-65-49(101)44(96)35(87)21(7-74)108-65)121-57-45(97)36(88)22(8-75)109-67(57)104-14-28-38(90)56(50(102)66(114-28)117-53-26(12-79)111-60(30(40(53)92)70-17(3)82)115-51-24(10-77)106-59(103)29(39(51)91)69-16(2)81)120-68-58(46(98)37(89)23(9-76)110-68)122-61-31(71-18(4)83)41(93)52(25(11-78)112-61)116-64-48(100)43(95)34(86)20(6-73)107-64/h15,20-68,73-80,85-103H,6-14H2,1-5H3,(H,69,81)(H,70,82)(H,71,83)(H,72,84)/t15-,20+,21+,22+,23+,24+,25+,26+,27+,28+,29+,30+,31+,32+,33+,34-,35-,36+,37+,38+,39+,40+,41+,42+,43-,44-,45-,46-,47-,48+,49+,50-,51+,52+,53+,54+,55+,56-,57-,58-,59?,60-,61-,62-,63-,64-,65-,66-,67-,68+/m0/s1. The van der Waals surface area contributed by atoms with E-state index < -0.39 is 390 Å². The zero-order chi connectivity index (χ0) is 89.8. The van der Waals surface area contributed by atoms with Crippen LogP contribution in [0, 0.1) is 0 Å². The molecule has 706 valence electrons. The third kappa shape index (κ3) is 21.9. The first kappa shape index (κ1) is 100. The van der Waals surface area contributed by atoms with Gasteiger partial charge >= 0.3 is 0 Å². The maximum Gasteiger partial charge on any atom is 0.217 e. The molecule has 54 heteroatoms. The van der Waals surface area contributed by atoms with Gasteiger partial charge in [0.25, 0.3) is 0 Å². The number of rotatable bonds is 31. The quantitative estimate of drug-likeness (QED) is 0.0306. The Morgan fingerprint density at radius 1 is 0.230 bits per heavy atom. The summed E-state index contributed by atoms with van der Waals surface area (Å²) in [6.45, 7) is -5.23. The van der Waals surface area contributed by atoms with Crippen molar-refractivity contribution in [3.05, 3.63) is 0 Å². The van der Waals surface area contributed by atoms with Gasteiger partial charge in [0.1, 0.15) is 238 Å². The van der Waals surface area contributed by atoms with E-state index in [0.717, 1.165) is 27.7 Å². The minimum absolute atomic E-state index is 0.802. The van der Waals surface area contributed by atoms with Crippen LogP contribution in [0.1, 0.15) is 34.6 Å². The number of hydrogen-bond acceptors (Lipinski definition) is 50. The highest BCUT2D eigenvalue weighted by atomic mass is 16.8. The van der Waals surface area contributed by atoms with Crippen molar-refractivity contribution in [1.82, 2.24) is 21.3 Å². The van der Waals surface area contributed by atoms with E-state index in [1.54, 1.807) is 0 Å². The van der Waals surface area contributed by atoms with Crippen LogP contribution in [0.25, 0.3) is 0 Å². The van der Waals surface area contributed by atoms with Gasteiger partial charge in [-0.05, 0) is 6.92 Å². The maximum absolute atomic E-state index is 13.5. The molecule has 50 atom stereocenters. The second kappa shape index (κ2) is 43.6. The number of aliphatic hydroxyl groups excluding tert-OH is 27. The summed E-state index contributed by atoms with van der Waals surface area (Å²) in [5.74, 6) is -3.75. The first-order valence-corrected chi connectivity index (χ1v) is 39.0. The molecule has 0 aromatic heterocycles. The summed E-state index contributed by atoms with van der Waals surface area (Å²) in [6, 6.07) is -7.63. The molecule has 0 aliphatic carbocycles. The topological polar surface area (TPSA) is 838 Å². The highest BCUT2D eigenvalue weighted by Crippen LogP contribution is 2.41. The minimum Gasteiger partial charge on any atom is -0.394 e. The number of nitrogens with one attached hydrogen (secondary N) is 4. The van der Waals surface area contributed by atoms with Gasteiger partial charge < -0.3 is 249 Å². The Kier molecular flexibility index (Phi) is 35.8. The molecule has 122 heavy (non-hydrogen) atoms. The van der Waals surface area contributed by atoms with E-state index in [-0.39, 0.29) is 0 Å². The molecule has 0 aromatic carbocycles. The van der Waals surface area contributed by atoms with Crippen molar-refractivity contribution >= 4 is 23.6 Å². The first-order chi connectivity index (χ1) is 57.7. The second-order valence-electron chi connectivity index (χ2n) is 31.0. The van der Waals surface area contributed by atoms with E-state index in [1.807, 2.05) is 0 Å². The second-order valence-corrected chi connectivity index (χ2v) is 31.0. The highest BCUT2D eigenvalue weighted by molar-refractivity contribution is 5.74. The minimum atomic E-state index is -2.62. The van der Waals surface area contributed by atoms with Gasteiger partial charge in [0, 0.05) is 27.7 Å². The Balaban J connectivity index is 1.01. The smallest absolute Gasteiger partial charge is 0.217 e. The number of carbonyl (C=O) groups excluding carboxylic acids is 4. The molecular weight excluding hydrogens is 1670 g/mol. The lowest BCUT2D eigenvalue weighted by molar-refractivity contribution is -0.400. The summed E-state index contributed by atoms with van der Waals surface area (Å²) in [5.41, 5.74) is 0. The van der Waals surface area contributed by atoms with E-state index >= 15 is 0 Å². The molecule has 0 radical (unpaired) electrons. The van der Waals surface area contributed by atoms with E-state index in [2.05, 4.69) is 21.3 Å². The van der Waals surface area contributed by atoms with E-state index in [0.29, 0.717) is 0 Å². The molecule has 10 heterocycles. The van der Waals surface area contributed by atoms with Crippen molar-refractivity contribution < 1.29 is 247 Å². The zero-order valence-corrected chi connectivity index (χ0v) is 65.7. The van der Waals surface area contributed by atoms with Crippen LogP contribution in [0.4, 0.5) is 0 Å². The lowest BCUT2D eigenvalue weighted by Gasteiger charge is -2.51. The van der Waals surface area contributed by atoms with Gasteiger partial charge in [-0.3, -0.25) is 19.2 Å². The Hall–Kier alpha value is -3.96. The predicted octanol–water partition coefficient (Wildman–Crippen LogP) is -21.2. The van der Waals surface area contributed by atoms with Gasteiger partial charge in [0.15, 0.2) is 62.9 Å². The van der Waals surface area contributed by atoms with Crippen LogP contribution in [0.15, 0.2) is 0 Å². The Morgan fingerprint density at radius 3 is 0.934 bits per heavy atom. The molecule has 4 amide bonds. The average molecular weight is 1790 g/mol. The Bertz CT molecular complexity index is 3290. The van der Waals surface area contributed by atoms with Crippen LogP contribution in [0.3, 0.4) is 0 Å². The molecule has 10 fully saturated rings. The summed E-state index contributed by atoms with van der Waals surface area (Å²) in [7, 11) is 0. The average Bonchev–Trinajstić information content (AvgIpc) is 0.762. The molecule has 10 aliphatic heterocycles. The molecule has 1 unspecified atom stereocenters. The summed E-state index contributed by atoms with van der Waals surface area (Å²) >= 11 is 0. The van der Waals surface area contributed by atoms with Crippen molar-refractivity contribution in [2.45, 2.75) is 341 Å². The summed E-state index contributed by atoms with van der Waals surface area (Å²) in [4.78, 5) is 51.8. The number of aliphatic hydroxyl groups is 27. The predicted molar refractivity (Wildman–Crippen MR) is 375 cm³/mol. The van der Waals surface area contributed by atoms with Crippen molar-refractivity contribution in [1.29, 1.82) is 0 Å².